The first kappa shape index (κ1) is 17.8. The van der Waals surface area contributed by atoms with Crippen LogP contribution in [0.4, 0.5) is 21.3 Å². The molecule has 0 fully saturated rings. The van der Waals surface area contributed by atoms with Gasteiger partial charge in [-0.3, -0.25) is 10.1 Å². The third-order valence-corrected chi connectivity index (χ3v) is 4.61. The van der Waals surface area contributed by atoms with Crippen molar-refractivity contribution in [2.45, 2.75) is 6.42 Å². The number of urea groups is 1. The zero-order valence-corrected chi connectivity index (χ0v) is 15.4. The Balaban J connectivity index is 1.30. The van der Waals surface area contributed by atoms with E-state index in [1.807, 2.05) is 18.2 Å². The number of amides is 3. The van der Waals surface area contributed by atoms with Gasteiger partial charge in [-0.2, -0.15) is 0 Å². The molecular formula is C19H16N4O4S. The zero-order valence-electron chi connectivity index (χ0n) is 14.6. The van der Waals surface area contributed by atoms with Crippen LogP contribution in [0.1, 0.15) is 5.69 Å². The number of thiazole rings is 1. The lowest BCUT2D eigenvalue weighted by atomic mass is 10.2. The van der Waals surface area contributed by atoms with E-state index in [2.05, 4.69) is 20.9 Å². The Labute approximate surface area is 164 Å². The van der Waals surface area contributed by atoms with Gasteiger partial charge in [-0.05, 0) is 24.3 Å². The first-order chi connectivity index (χ1) is 13.7. The maximum absolute atomic E-state index is 12.2. The number of carbonyl (C=O) groups is 2. The van der Waals surface area contributed by atoms with Gasteiger partial charge in [0.15, 0.2) is 16.6 Å². The molecule has 0 saturated carbocycles. The van der Waals surface area contributed by atoms with E-state index in [9.17, 15) is 9.59 Å². The van der Waals surface area contributed by atoms with E-state index in [0.717, 1.165) is 0 Å². The SMILES string of the molecule is O=C(Cc1csc(NC(=O)Nc2ccccc2)n1)Nc1ccc2c(c1)OCO2. The Morgan fingerprint density at radius 2 is 1.79 bits per heavy atom. The van der Waals surface area contributed by atoms with Gasteiger partial charge in [-0.25, -0.2) is 9.78 Å². The van der Waals surface area contributed by atoms with Crippen molar-refractivity contribution >= 4 is 39.8 Å². The van der Waals surface area contributed by atoms with Crippen LogP contribution in [-0.2, 0) is 11.2 Å². The minimum Gasteiger partial charge on any atom is -0.454 e. The summed E-state index contributed by atoms with van der Waals surface area (Å²) in [5.74, 6) is 1.04. The first-order valence-electron chi connectivity index (χ1n) is 8.43. The Morgan fingerprint density at radius 3 is 2.64 bits per heavy atom. The molecule has 2 aromatic carbocycles. The minimum absolute atomic E-state index is 0.0902. The molecule has 0 radical (unpaired) electrons. The molecule has 8 nitrogen and oxygen atoms in total. The van der Waals surface area contributed by atoms with Crippen molar-refractivity contribution in [2.24, 2.45) is 0 Å². The lowest BCUT2D eigenvalue weighted by Gasteiger charge is -2.05. The van der Waals surface area contributed by atoms with Crippen LogP contribution in [0.25, 0.3) is 0 Å². The van der Waals surface area contributed by atoms with Gasteiger partial charge in [-0.1, -0.05) is 18.2 Å². The Hall–Kier alpha value is -3.59. The normalized spacial score (nSPS) is 11.7. The lowest BCUT2D eigenvalue weighted by molar-refractivity contribution is -0.115. The molecule has 3 aromatic rings. The van der Waals surface area contributed by atoms with Crippen LogP contribution in [0.15, 0.2) is 53.9 Å². The summed E-state index contributed by atoms with van der Waals surface area (Å²) < 4.78 is 10.5. The largest absolute Gasteiger partial charge is 0.454 e. The number of rotatable bonds is 5. The molecule has 1 aliphatic heterocycles. The summed E-state index contributed by atoms with van der Waals surface area (Å²) in [6.45, 7) is 0.180. The molecule has 0 bridgehead atoms. The molecule has 2 heterocycles. The third-order valence-electron chi connectivity index (χ3n) is 3.80. The molecule has 4 rings (SSSR count). The van der Waals surface area contributed by atoms with Crippen molar-refractivity contribution in [3.8, 4) is 11.5 Å². The fraction of sp³-hybridized carbons (Fsp3) is 0.105. The number of hydrogen-bond donors (Lipinski definition) is 3. The summed E-state index contributed by atoms with van der Waals surface area (Å²) in [6, 6.07) is 13.9. The van der Waals surface area contributed by atoms with Crippen LogP contribution >= 0.6 is 11.3 Å². The second-order valence-electron chi connectivity index (χ2n) is 5.88. The highest BCUT2D eigenvalue weighted by atomic mass is 32.1. The summed E-state index contributed by atoms with van der Waals surface area (Å²) in [7, 11) is 0. The molecule has 0 saturated heterocycles. The summed E-state index contributed by atoms with van der Waals surface area (Å²) in [5.41, 5.74) is 1.86. The average Bonchev–Trinajstić information content (AvgIpc) is 3.31. The van der Waals surface area contributed by atoms with Gasteiger partial charge in [0.05, 0.1) is 12.1 Å². The van der Waals surface area contributed by atoms with Crippen LogP contribution < -0.4 is 25.4 Å². The van der Waals surface area contributed by atoms with Gasteiger partial charge in [0.1, 0.15) is 0 Å². The van der Waals surface area contributed by atoms with Crippen LogP contribution in [0, 0.1) is 0 Å². The molecule has 9 heteroatoms. The second kappa shape index (κ2) is 7.97. The van der Waals surface area contributed by atoms with Gasteiger partial charge >= 0.3 is 6.03 Å². The second-order valence-corrected chi connectivity index (χ2v) is 6.74. The first-order valence-corrected chi connectivity index (χ1v) is 9.31. The summed E-state index contributed by atoms with van der Waals surface area (Å²) >= 11 is 1.25. The van der Waals surface area contributed by atoms with Gasteiger partial charge in [0, 0.05) is 22.8 Å². The molecule has 0 aliphatic carbocycles. The molecule has 3 amide bonds. The van der Waals surface area contributed by atoms with Crippen molar-refractivity contribution in [1.82, 2.24) is 4.98 Å². The number of fused-ring (bicyclic) bond motifs is 1. The maximum Gasteiger partial charge on any atom is 0.325 e. The van der Waals surface area contributed by atoms with E-state index in [1.165, 1.54) is 11.3 Å². The van der Waals surface area contributed by atoms with Crippen LogP contribution in [0.3, 0.4) is 0 Å². The number of anilines is 3. The summed E-state index contributed by atoms with van der Waals surface area (Å²) in [5, 5.41) is 10.3. The van der Waals surface area contributed by atoms with Crippen molar-refractivity contribution < 1.29 is 19.1 Å². The standard InChI is InChI=1S/C19H16N4O4S/c24-17(20-13-6-7-15-16(8-13)27-11-26-15)9-14-10-28-19(22-14)23-18(25)21-12-4-2-1-3-5-12/h1-8,10H,9,11H2,(H,20,24)(H2,21,22,23,25). The van der Waals surface area contributed by atoms with E-state index >= 15 is 0 Å². The highest BCUT2D eigenvalue weighted by molar-refractivity contribution is 7.14. The lowest BCUT2D eigenvalue weighted by Crippen LogP contribution is -2.19. The molecule has 142 valence electrons. The molecule has 28 heavy (non-hydrogen) atoms. The number of hydrogen-bond acceptors (Lipinski definition) is 6. The highest BCUT2D eigenvalue weighted by Gasteiger charge is 2.15. The topological polar surface area (TPSA) is 102 Å². The van der Waals surface area contributed by atoms with E-state index in [0.29, 0.717) is 33.7 Å². The zero-order chi connectivity index (χ0) is 19.3. The quantitative estimate of drug-likeness (QED) is 0.610. The van der Waals surface area contributed by atoms with Crippen LogP contribution in [0.2, 0.25) is 0 Å². The number of nitrogens with zero attached hydrogens (tertiary/aromatic N) is 1. The monoisotopic (exact) mass is 396 g/mol. The van der Waals surface area contributed by atoms with E-state index in [1.54, 1.807) is 35.7 Å². The van der Waals surface area contributed by atoms with Gasteiger partial charge in [-0.15, -0.1) is 11.3 Å². The smallest absolute Gasteiger partial charge is 0.325 e. The molecule has 3 N–H and O–H groups in total. The van der Waals surface area contributed by atoms with Gasteiger partial charge in [0.2, 0.25) is 12.7 Å². The van der Waals surface area contributed by atoms with Gasteiger partial charge < -0.3 is 20.1 Å². The van der Waals surface area contributed by atoms with Crippen LogP contribution in [-0.4, -0.2) is 23.7 Å². The number of para-hydroxylation sites is 1. The molecule has 0 unspecified atom stereocenters. The Morgan fingerprint density at radius 1 is 0.964 bits per heavy atom. The van der Waals surface area contributed by atoms with Crippen molar-refractivity contribution in [2.75, 3.05) is 22.7 Å². The molecule has 0 atom stereocenters. The fourth-order valence-electron chi connectivity index (χ4n) is 2.57. The number of nitrogens with one attached hydrogen (secondary N) is 3. The summed E-state index contributed by atoms with van der Waals surface area (Å²) in [6.07, 6.45) is 0.0902. The predicted molar refractivity (Wildman–Crippen MR) is 106 cm³/mol. The number of aromatic nitrogens is 1. The van der Waals surface area contributed by atoms with E-state index in [-0.39, 0.29) is 19.1 Å². The third kappa shape index (κ3) is 4.38. The molecule has 1 aliphatic rings. The van der Waals surface area contributed by atoms with Crippen molar-refractivity contribution in [3.63, 3.8) is 0 Å². The minimum atomic E-state index is -0.392. The average molecular weight is 396 g/mol. The Kier molecular flexibility index (Phi) is 5.07. The van der Waals surface area contributed by atoms with E-state index in [4.69, 9.17) is 9.47 Å². The number of benzene rings is 2. The van der Waals surface area contributed by atoms with Gasteiger partial charge in [0.25, 0.3) is 0 Å². The highest BCUT2D eigenvalue weighted by Crippen LogP contribution is 2.34. The molecule has 1 aromatic heterocycles. The number of carbonyl (C=O) groups excluding carboxylic acids is 2. The van der Waals surface area contributed by atoms with Crippen molar-refractivity contribution in [1.29, 1.82) is 0 Å². The maximum atomic E-state index is 12.2. The van der Waals surface area contributed by atoms with Crippen LogP contribution in [0.5, 0.6) is 11.5 Å². The van der Waals surface area contributed by atoms with Crippen molar-refractivity contribution in [3.05, 3.63) is 59.6 Å². The molecule has 0 spiro atoms. The Bertz CT molecular complexity index is 1010. The van der Waals surface area contributed by atoms with E-state index < -0.39 is 6.03 Å². The predicted octanol–water partition coefficient (Wildman–Crippen LogP) is 3.70. The molecular weight excluding hydrogens is 380 g/mol. The number of ether oxygens (including phenoxy) is 2. The summed E-state index contributed by atoms with van der Waals surface area (Å²) in [4.78, 5) is 28.5. The fourth-order valence-corrected chi connectivity index (χ4v) is 3.28.